The van der Waals surface area contributed by atoms with Crippen molar-refractivity contribution in [2.75, 3.05) is 4.90 Å². The minimum atomic E-state index is -0.747. The van der Waals surface area contributed by atoms with Crippen LogP contribution < -0.4 is 4.90 Å². The third-order valence-electron chi connectivity index (χ3n) is 4.69. The molecular formula is C24H22F3N. The predicted octanol–water partition coefficient (Wildman–Crippen LogP) is 7.23. The lowest BCUT2D eigenvalue weighted by atomic mass is 10.0. The first-order valence-electron chi connectivity index (χ1n) is 9.04. The van der Waals surface area contributed by atoms with Gasteiger partial charge in [-0.1, -0.05) is 23.8 Å². The fourth-order valence-electron chi connectivity index (χ4n) is 3.24. The Labute approximate surface area is 163 Å². The summed E-state index contributed by atoms with van der Waals surface area (Å²) >= 11 is 0. The summed E-state index contributed by atoms with van der Waals surface area (Å²) in [5, 5.41) is 0. The van der Waals surface area contributed by atoms with Crippen molar-refractivity contribution in [2.24, 2.45) is 0 Å². The van der Waals surface area contributed by atoms with Crippen molar-refractivity contribution in [3.8, 4) is 0 Å². The van der Waals surface area contributed by atoms with Gasteiger partial charge in [-0.25, -0.2) is 13.2 Å². The molecule has 0 aliphatic rings. The molecule has 0 aliphatic heterocycles. The molecule has 0 aromatic heterocycles. The zero-order chi connectivity index (χ0) is 20.4. The fourth-order valence-corrected chi connectivity index (χ4v) is 3.24. The van der Waals surface area contributed by atoms with E-state index in [1.165, 1.54) is 23.1 Å². The van der Waals surface area contributed by atoms with E-state index in [0.29, 0.717) is 17.7 Å². The van der Waals surface area contributed by atoms with Crippen molar-refractivity contribution < 1.29 is 13.2 Å². The molecule has 0 aliphatic carbocycles. The Morgan fingerprint density at radius 3 is 2.00 bits per heavy atom. The van der Waals surface area contributed by atoms with E-state index in [2.05, 4.69) is 6.58 Å². The molecule has 1 nitrogen and oxygen atoms in total. The van der Waals surface area contributed by atoms with Crippen LogP contribution in [0, 0.1) is 38.2 Å². The maximum absolute atomic E-state index is 15.0. The van der Waals surface area contributed by atoms with E-state index >= 15 is 4.39 Å². The largest absolute Gasteiger partial charge is 0.302 e. The Kier molecular flexibility index (Phi) is 5.59. The average Bonchev–Trinajstić information content (AvgIpc) is 2.62. The van der Waals surface area contributed by atoms with Crippen LogP contribution in [0.1, 0.15) is 22.3 Å². The summed E-state index contributed by atoms with van der Waals surface area (Å²) in [5.41, 5.74) is 3.31. The number of nitrogens with zero attached hydrogens (tertiary/aromatic N) is 1. The highest BCUT2D eigenvalue weighted by Crippen LogP contribution is 2.40. The molecule has 0 heterocycles. The molecule has 0 spiro atoms. The van der Waals surface area contributed by atoms with Crippen LogP contribution in [-0.4, -0.2) is 0 Å². The quantitative estimate of drug-likeness (QED) is 0.422. The summed E-state index contributed by atoms with van der Waals surface area (Å²) in [5.74, 6) is -2.04. The molecule has 3 aromatic carbocycles. The third-order valence-corrected chi connectivity index (χ3v) is 4.69. The molecule has 0 unspecified atom stereocenters. The van der Waals surface area contributed by atoms with E-state index < -0.39 is 17.5 Å². The van der Waals surface area contributed by atoms with Crippen LogP contribution in [0.15, 0.2) is 61.2 Å². The Morgan fingerprint density at radius 1 is 0.821 bits per heavy atom. The predicted molar refractivity (Wildman–Crippen MR) is 109 cm³/mol. The molecule has 0 amide bonds. The second kappa shape index (κ2) is 7.93. The monoisotopic (exact) mass is 381 g/mol. The lowest BCUT2D eigenvalue weighted by Crippen LogP contribution is -2.16. The van der Waals surface area contributed by atoms with Crippen LogP contribution in [0.4, 0.5) is 30.2 Å². The lowest BCUT2D eigenvalue weighted by Gasteiger charge is -2.27. The molecule has 0 bridgehead atoms. The van der Waals surface area contributed by atoms with Crippen LogP contribution in [0.25, 0.3) is 0 Å². The summed E-state index contributed by atoms with van der Waals surface area (Å²) < 4.78 is 44.7. The molecule has 0 N–H and O–H groups in total. The highest BCUT2D eigenvalue weighted by atomic mass is 19.1. The van der Waals surface area contributed by atoms with E-state index in [1.54, 1.807) is 38.1 Å². The Morgan fingerprint density at radius 2 is 1.43 bits per heavy atom. The van der Waals surface area contributed by atoms with Crippen LogP contribution in [0.2, 0.25) is 0 Å². The minimum Gasteiger partial charge on any atom is -0.302 e. The van der Waals surface area contributed by atoms with Gasteiger partial charge in [-0.05, 0) is 80.3 Å². The van der Waals surface area contributed by atoms with Crippen LogP contribution in [0.5, 0.6) is 0 Å². The van der Waals surface area contributed by atoms with Gasteiger partial charge in [0.15, 0.2) is 0 Å². The van der Waals surface area contributed by atoms with Gasteiger partial charge in [0.2, 0.25) is 0 Å². The third kappa shape index (κ3) is 3.81. The van der Waals surface area contributed by atoms with Crippen molar-refractivity contribution in [1.82, 2.24) is 0 Å². The Hall–Kier alpha value is -3.01. The first kappa shape index (κ1) is 19.7. The molecule has 144 valence electrons. The average molecular weight is 381 g/mol. The number of hydrogen-bond donors (Lipinski definition) is 0. The van der Waals surface area contributed by atoms with Crippen molar-refractivity contribution in [3.63, 3.8) is 0 Å². The van der Waals surface area contributed by atoms with E-state index in [4.69, 9.17) is 0 Å². The minimum absolute atomic E-state index is 0.0907. The standard InChI is InChI=1S/C24H22F3N/c1-5-6-18-14-23(20(25)13-17(18)4)28(19-9-7-15(2)8-10-19)24-21(26)11-16(3)12-22(24)27/h5,7-14H,1,6H2,2-4H3. The van der Waals surface area contributed by atoms with Gasteiger partial charge in [-0.2, -0.15) is 0 Å². The lowest BCUT2D eigenvalue weighted by molar-refractivity contribution is 0.581. The van der Waals surface area contributed by atoms with Gasteiger partial charge in [0.05, 0.1) is 5.69 Å². The number of benzene rings is 3. The van der Waals surface area contributed by atoms with Crippen LogP contribution in [-0.2, 0) is 6.42 Å². The van der Waals surface area contributed by atoms with Crippen molar-refractivity contribution >= 4 is 17.1 Å². The van der Waals surface area contributed by atoms with Crippen molar-refractivity contribution in [2.45, 2.75) is 27.2 Å². The van der Waals surface area contributed by atoms with Gasteiger partial charge in [0.1, 0.15) is 23.1 Å². The number of anilines is 3. The molecule has 28 heavy (non-hydrogen) atoms. The first-order chi connectivity index (χ1) is 13.3. The maximum atomic E-state index is 15.0. The number of allylic oxidation sites excluding steroid dienone is 1. The zero-order valence-corrected chi connectivity index (χ0v) is 16.2. The van der Waals surface area contributed by atoms with Crippen molar-refractivity contribution in [1.29, 1.82) is 0 Å². The number of halogens is 3. The second-order valence-electron chi connectivity index (χ2n) is 6.97. The smallest absolute Gasteiger partial charge is 0.150 e. The number of aryl methyl sites for hydroxylation is 3. The maximum Gasteiger partial charge on any atom is 0.150 e. The Bertz CT molecular complexity index is 1000. The molecule has 0 atom stereocenters. The Balaban J connectivity index is 2.31. The van der Waals surface area contributed by atoms with E-state index in [1.807, 2.05) is 19.1 Å². The molecule has 4 heteroatoms. The van der Waals surface area contributed by atoms with Gasteiger partial charge in [-0.15, -0.1) is 6.58 Å². The molecule has 3 aromatic rings. The highest BCUT2D eigenvalue weighted by Gasteiger charge is 2.24. The second-order valence-corrected chi connectivity index (χ2v) is 6.97. The molecule has 0 fully saturated rings. The van der Waals surface area contributed by atoms with Gasteiger partial charge < -0.3 is 4.90 Å². The molecule has 0 saturated carbocycles. The van der Waals surface area contributed by atoms with Gasteiger partial charge in [0, 0.05) is 5.69 Å². The summed E-state index contributed by atoms with van der Waals surface area (Å²) in [6.07, 6.45) is 2.24. The number of hydrogen-bond acceptors (Lipinski definition) is 1. The molecule has 3 rings (SSSR count). The molecule has 0 radical (unpaired) electrons. The van der Waals surface area contributed by atoms with Gasteiger partial charge in [-0.3, -0.25) is 0 Å². The van der Waals surface area contributed by atoms with E-state index in [9.17, 15) is 8.78 Å². The van der Waals surface area contributed by atoms with Crippen LogP contribution in [0.3, 0.4) is 0 Å². The summed E-state index contributed by atoms with van der Waals surface area (Å²) in [6.45, 7) is 9.06. The molecular weight excluding hydrogens is 359 g/mol. The summed E-state index contributed by atoms with van der Waals surface area (Å²) in [6, 6.07) is 12.6. The SMILES string of the molecule is C=CCc1cc(N(c2ccc(C)cc2)c2c(F)cc(C)cc2F)c(F)cc1C. The van der Waals surface area contributed by atoms with Crippen molar-refractivity contribution in [3.05, 3.63) is 101 Å². The van der Waals surface area contributed by atoms with Gasteiger partial charge in [0.25, 0.3) is 0 Å². The van der Waals surface area contributed by atoms with Gasteiger partial charge >= 0.3 is 0 Å². The van der Waals surface area contributed by atoms with E-state index in [-0.39, 0.29) is 11.4 Å². The first-order valence-corrected chi connectivity index (χ1v) is 9.04. The highest BCUT2D eigenvalue weighted by molar-refractivity contribution is 5.78. The summed E-state index contributed by atoms with van der Waals surface area (Å²) in [7, 11) is 0. The fraction of sp³-hybridized carbons (Fsp3) is 0.167. The number of rotatable bonds is 5. The zero-order valence-electron chi connectivity index (χ0n) is 16.2. The normalized spacial score (nSPS) is 10.8. The van der Waals surface area contributed by atoms with E-state index in [0.717, 1.165) is 16.7 Å². The molecule has 0 saturated heterocycles. The topological polar surface area (TPSA) is 3.24 Å². The summed E-state index contributed by atoms with van der Waals surface area (Å²) in [4.78, 5) is 1.30. The van der Waals surface area contributed by atoms with Crippen LogP contribution >= 0.6 is 0 Å².